The van der Waals surface area contributed by atoms with Gasteiger partial charge in [0.25, 0.3) is 0 Å². The highest BCUT2D eigenvalue weighted by Gasteiger charge is 2.35. The first kappa shape index (κ1) is 32.8. The van der Waals surface area contributed by atoms with Crippen LogP contribution in [0.5, 0.6) is 0 Å². The van der Waals surface area contributed by atoms with E-state index in [1.807, 2.05) is 18.2 Å². The van der Waals surface area contributed by atoms with Gasteiger partial charge in [-0.15, -0.1) is 0 Å². The van der Waals surface area contributed by atoms with Gasteiger partial charge in [-0.2, -0.15) is 0 Å². The van der Waals surface area contributed by atoms with Crippen molar-refractivity contribution in [2.45, 2.75) is 19.3 Å². The van der Waals surface area contributed by atoms with E-state index in [4.69, 9.17) is 19.4 Å². The molecule has 12 rings (SSSR count). The Morgan fingerprint density at radius 1 is 0.345 bits per heavy atom. The molecular formula is C54H35N3O. The van der Waals surface area contributed by atoms with Crippen molar-refractivity contribution < 1.29 is 4.42 Å². The van der Waals surface area contributed by atoms with Crippen molar-refractivity contribution in [1.82, 2.24) is 15.0 Å². The molecule has 11 aromatic rings. The third-order valence-corrected chi connectivity index (χ3v) is 12.3. The number of fused-ring (bicyclic) bond motifs is 13. The predicted molar refractivity (Wildman–Crippen MR) is 239 cm³/mol. The average molecular weight is 742 g/mol. The maximum Gasteiger partial charge on any atom is 0.164 e. The van der Waals surface area contributed by atoms with E-state index < -0.39 is 0 Å². The predicted octanol–water partition coefficient (Wildman–Crippen LogP) is 14.2. The maximum absolute atomic E-state index is 6.35. The molecule has 0 radical (unpaired) electrons. The van der Waals surface area contributed by atoms with Crippen LogP contribution in [-0.4, -0.2) is 15.0 Å². The van der Waals surface area contributed by atoms with Gasteiger partial charge in [-0.25, -0.2) is 15.0 Å². The third kappa shape index (κ3) is 4.85. The quantitative estimate of drug-likeness (QED) is 0.169. The molecule has 0 unspecified atom stereocenters. The molecule has 2 heterocycles. The van der Waals surface area contributed by atoms with Crippen LogP contribution in [-0.2, 0) is 5.41 Å². The first-order chi connectivity index (χ1) is 28.5. The topological polar surface area (TPSA) is 51.8 Å². The highest BCUT2D eigenvalue weighted by atomic mass is 16.3. The number of hydrogen-bond donors (Lipinski definition) is 0. The van der Waals surface area contributed by atoms with Crippen molar-refractivity contribution in [2.75, 3.05) is 0 Å². The second kappa shape index (κ2) is 12.3. The Morgan fingerprint density at radius 2 is 0.879 bits per heavy atom. The van der Waals surface area contributed by atoms with Gasteiger partial charge in [0.2, 0.25) is 0 Å². The number of rotatable bonds is 4. The molecule has 1 aliphatic rings. The Labute approximate surface area is 335 Å². The molecule has 0 bridgehead atoms. The smallest absolute Gasteiger partial charge is 0.164 e. The molecule has 2 aromatic heterocycles. The van der Waals surface area contributed by atoms with Crippen molar-refractivity contribution >= 4 is 54.3 Å². The fourth-order valence-electron chi connectivity index (χ4n) is 9.45. The zero-order chi connectivity index (χ0) is 38.5. The van der Waals surface area contributed by atoms with Crippen LogP contribution in [0.3, 0.4) is 0 Å². The lowest BCUT2D eigenvalue weighted by Crippen LogP contribution is -2.15. The Balaban J connectivity index is 1.07. The summed E-state index contributed by atoms with van der Waals surface area (Å²) in [6.07, 6.45) is 0. The SMILES string of the molecule is CC1(C)c2ccccc2-c2ccc(-c3nc(-c4ccc(-c5ccccc5)cc4)nc(-c4ccc5c(c4)c4ccccc4c4c5ccc5oc6ccccc6c54)n3)cc21. The molecule has 0 N–H and O–H groups in total. The first-order valence-electron chi connectivity index (χ1n) is 19.9. The molecule has 0 spiro atoms. The molecule has 0 atom stereocenters. The van der Waals surface area contributed by atoms with Gasteiger partial charge in [0.15, 0.2) is 17.5 Å². The van der Waals surface area contributed by atoms with Crippen LogP contribution in [0.25, 0.3) is 111 Å². The van der Waals surface area contributed by atoms with Crippen LogP contribution in [0, 0.1) is 0 Å². The van der Waals surface area contributed by atoms with E-state index in [1.54, 1.807) is 0 Å². The molecule has 0 aliphatic heterocycles. The van der Waals surface area contributed by atoms with Gasteiger partial charge in [-0.05, 0) is 90.6 Å². The molecular weight excluding hydrogens is 707 g/mol. The van der Waals surface area contributed by atoms with Crippen LogP contribution in [0.15, 0.2) is 180 Å². The summed E-state index contributed by atoms with van der Waals surface area (Å²) in [5.74, 6) is 1.93. The summed E-state index contributed by atoms with van der Waals surface area (Å²) in [6, 6.07) is 62.4. The zero-order valence-corrected chi connectivity index (χ0v) is 32.0. The summed E-state index contributed by atoms with van der Waals surface area (Å²) < 4.78 is 6.35. The number of benzene rings is 9. The maximum atomic E-state index is 6.35. The average Bonchev–Trinajstić information content (AvgIpc) is 3.78. The molecule has 1 aliphatic carbocycles. The molecule has 272 valence electrons. The summed E-state index contributed by atoms with van der Waals surface area (Å²) in [5, 5.41) is 9.38. The van der Waals surface area contributed by atoms with Gasteiger partial charge >= 0.3 is 0 Å². The summed E-state index contributed by atoms with van der Waals surface area (Å²) in [7, 11) is 0. The number of hydrogen-bond acceptors (Lipinski definition) is 4. The number of aromatic nitrogens is 3. The Morgan fingerprint density at radius 3 is 1.69 bits per heavy atom. The van der Waals surface area contributed by atoms with Gasteiger partial charge < -0.3 is 4.42 Å². The van der Waals surface area contributed by atoms with Crippen LogP contribution in [0.4, 0.5) is 0 Å². The molecule has 58 heavy (non-hydrogen) atoms. The molecule has 9 aromatic carbocycles. The van der Waals surface area contributed by atoms with E-state index in [2.05, 4.69) is 172 Å². The molecule has 0 fully saturated rings. The zero-order valence-electron chi connectivity index (χ0n) is 32.0. The minimum atomic E-state index is -0.148. The molecule has 4 heteroatoms. The Kier molecular flexibility index (Phi) is 6.94. The lowest BCUT2D eigenvalue weighted by Gasteiger charge is -2.21. The van der Waals surface area contributed by atoms with E-state index in [0.717, 1.165) is 49.6 Å². The van der Waals surface area contributed by atoms with Gasteiger partial charge in [0, 0.05) is 38.3 Å². The Bertz CT molecular complexity index is 3450. The van der Waals surface area contributed by atoms with E-state index in [9.17, 15) is 0 Å². The largest absolute Gasteiger partial charge is 0.456 e. The summed E-state index contributed by atoms with van der Waals surface area (Å²) >= 11 is 0. The summed E-state index contributed by atoms with van der Waals surface area (Å²) in [4.78, 5) is 15.7. The van der Waals surface area contributed by atoms with Gasteiger partial charge in [0.05, 0.1) is 0 Å². The number of para-hydroxylation sites is 1. The minimum Gasteiger partial charge on any atom is -0.456 e. The highest BCUT2D eigenvalue weighted by molar-refractivity contribution is 6.34. The van der Waals surface area contributed by atoms with Gasteiger partial charge in [-0.3, -0.25) is 0 Å². The number of furan rings is 1. The molecule has 0 amide bonds. The Hall–Kier alpha value is -7.43. The fourth-order valence-corrected chi connectivity index (χ4v) is 9.45. The van der Waals surface area contributed by atoms with Crippen LogP contribution in [0.2, 0.25) is 0 Å². The second-order valence-electron chi connectivity index (χ2n) is 15.9. The van der Waals surface area contributed by atoms with E-state index >= 15 is 0 Å². The summed E-state index contributed by atoms with van der Waals surface area (Å²) in [5.41, 5.74) is 12.0. The van der Waals surface area contributed by atoms with Crippen molar-refractivity contribution in [2.24, 2.45) is 0 Å². The number of nitrogens with zero attached hydrogens (tertiary/aromatic N) is 3. The van der Waals surface area contributed by atoms with Gasteiger partial charge in [0.1, 0.15) is 11.2 Å². The van der Waals surface area contributed by atoms with Crippen molar-refractivity contribution in [3.63, 3.8) is 0 Å². The monoisotopic (exact) mass is 741 g/mol. The summed E-state index contributed by atoms with van der Waals surface area (Å²) in [6.45, 7) is 4.62. The van der Waals surface area contributed by atoms with Gasteiger partial charge in [-0.1, -0.05) is 159 Å². The second-order valence-corrected chi connectivity index (χ2v) is 15.9. The molecule has 4 nitrogen and oxygen atoms in total. The lowest BCUT2D eigenvalue weighted by atomic mass is 9.82. The van der Waals surface area contributed by atoms with E-state index in [0.29, 0.717) is 17.5 Å². The minimum absolute atomic E-state index is 0.148. The third-order valence-electron chi connectivity index (χ3n) is 12.3. The fraction of sp³-hybridized carbons (Fsp3) is 0.0556. The normalized spacial score (nSPS) is 13.1. The molecule has 0 saturated carbocycles. The lowest BCUT2D eigenvalue weighted by molar-refractivity contribution is 0.660. The van der Waals surface area contributed by atoms with E-state index in [-0.39, 0.29) is 5.41 Å². The van der Waals surface area contributed by atoms with Crippen molar-refractivity contribution in [3.8, 4) is 56.4 Å². The highest BCUT2D eigenvalue weighted by Crippen LogP contribution is 2.49. The van der Waals surface area contributed by atoms with Crippen molar-refractivity contribution in [1.29, 1.82) is 0 Å². The molecule has 0 saturated heterocycles. The van der Waals surface area contributed by atoms with Crippen molar-refractivity contribution in [3.05, 3.63) is 187 Å². The van der Waals surface area contributed by atoms with Crippen LogP contribution >= 0.6 is 0 Å². The van der Waals surface area contributed by atoms with Crippen LogP contribution < -0.4 is 0 Å². The first-order valence-corrected chi connectivity index (χ1v) is 19.9. The van der Waals surface area contributed by atoms with E-state index in [1.165, 1.54) is 54.7 Å². The van der Waals surface area contributed by atoms with Crippen LogP contribution in [0.1, 0.15) is 25.0 Å². The standard InChI is InChI=1S/C54H35N3O/c1-54(2)45-18-10-8-15-39(45)40-27-25-36(31-46(40)54)53-56-51(34-22-20-33(21-23-34)32-12-4-3-5-13-32)55-52(57-53)35-24-26-38-42-28-29-48-50(43-17-9-11-19-47(43)58-48)49(42)41-16-7-6-14-37(41)44(38)30-35/h3-31H,1-2H3.